The summed E-state index contributed by atoms with van der Waals surface area (Å²) in [4.78, 5) is 2.30. The van der Waals surface area contributed by atoms with Crippen LogP contribution >= 0.6 is 0 Å². The van der Waals surface area contributed by atoms with E-state index in [1.54, 1.807) is 0 Å². The Hall–Kier alpha value is -0.900. The highest BCUT2D eigenvalue weighted by atomic mass is 16.3. The number of nitrogens with one attached hydrogen (secondary N) is 1. The lowest BCUT2D eigenvalue weighted by molar-refractivity contribution is 0.131. The number of nitrogens with zero attached hydrogens (tertiary/aromatic N) is 1. The Morgan fingerprint density at radius 2 is 2.00 bits per heavy atom. The maximum absolute atomic E-state index is 9.61. The molecule has 0 saturated heterocycles. The molecule has 19 heavy (non-hydrogen) atoms. The van der Waals surface area contributed by atoms with Crippen molar-refractivity contribution < 1.29 is 5.11 Å². The second-order valence-corrected chi connectivity index (χ2v) is 6.11. The van der Waals surface area contributed by atoms with Gasteiger partial charge < -0.3 is 15.3 Å². The maximum atomic E-state index is 9.61. The van der Waals surface area contributed by atoms with E-state index in [1.807, 2.05) is 0 Å². The lowest BCUT2D eigenvalue weighted by atomic mass is 10.0. The van der Waals surface area contributed by atoms with Gasteiger partial charge in [-0.1, -0.05) is 30.3 Å². The molecule has 2 N–H and O–H groups in total. The second kappa shape index (κ2) is 6.51. The van der Waals surface area contributed by atoms with Crippen molar-refractivity contribution in [1.82, 2.24) is 10.2 Å². The van der Waals surface area contributed by atoms with Crippen molar-refractivity contribution in [3.05, 3.63) is 35.9 Å². The number of hydrogen-bond acceptors (Lipinski definition) is 3. The predicted octanol–water partition coefficient (Wildman–Crippen LogP) is 1.66. The number of rotatable bonds is 8. The van der Waals surface area contributed by atoms with Crippen LogP contribution in [0.1, 0.15) is 25.3 Å². The molecule has 1 aromatic carbocycles. The molecule has 2 rings (SSSR count). The van der Waals surface area contributed by atoms with E-state index in [1.165, 1.54) is 18.4 Å². The van der Waals surface area contributed by atoms with Crippen LogP contribution in [0.3, 0.4) is 0 Å². The summed E-state index contributed by atoms with van der Waals surface area (Å²) < 4.78 is 0. The van der Waals surface area contributed by atoms with Gasteiger partial charge in [0.05, 0.1) is 12.1 Å². The molecule has 0 bridgehead atoms. The zero-order valence-electron chi connectivity index (χ0n) is 12.1. The smallest absolute Gasteiger partial charge is 0.0623 e. The molecule has 1 fully saturated rings. The second-order valence-electron chi connectivity index (χ2n) is 6.11. The molecule has 1 atom stereocenters. The average molecular weight is 262 g/mol. The molecule has 0 radical (unpaired) electrons. The quantitative estimate of drug-likeness (QED) is 0.748. The molecule has 0 heterocycles. The lowest BCUT2D eigenvalue weighted by Crippen LogP contribution is -2.54. The summed E-state index contributed by atoms with van der Waals surface area (Å²) in [5, 5.41) is 13.2. The van der Waals surface area contributed by atoms with Crippen molar-refractivity contribution in [3.63, 3.8) is 0 Å². The first kappa shape index (κ1) is 14.5. The minimum absolute atomic E-state index is 0.174. The molecule has 1 unspecified atom stereocenters. The highest BCUT2D eigenvalue weighted by molar-refractivity contribution is 5.14. The summed E-state index contributed by atoms with van der Waals surface area (Å²) in [6, 6.07) is 11.2. The van der Waals surface area contributed by atoms with Crippen LogP contribution in [0, 0.1) is 0 Å². The fourth-order valence-electron chi connectivity index (χ4n) is 2.50. The Bertz CT molecular complexity index is 378. The van der Waals surface area contributed by atoms with E-state index < -0.39 is 0 Å². The Kier molecular flexibility index (Phi) is 4.97. The molecule has 106 valence electrons. The molecule has 0 spiro atoms. The number of aliphatic hydroxyl groups excluding tert-OH is 1. The first-order valence-corrected chi connectivity index (χ1v) is 7.22. The van der Waals surface area contributed by atoms with Gasteiger partial charge in [0.15, 0.2) is 0 Å². The number of likely N-dealkylation sites (N-methyl/N-ethyl adjacent to an activating group) is 1. The van der Waals surface area contributed by atoms with Crippen molar-refractivity contribution in [2.24, 2.45) is 0 Å². The van der Waals surface area contributed by atoms with Crippen molar-refractivity contribution in [3.8, 4) is 0 Å². The summed E-state index contributed by atoms with van der Waals surface area (Å²) in [7, 11) is 2.13. The SMILES string of the molecule is CN(CCc1ccccc1)CC(C)(CO)NC1CC1. The van der Waals surface area contributed by atoms with Crippen LogP contribution in [0.2, 0.25) is 0 Å². The molecule has 0 aromatic heterocycles. The van der Waals surface area contributed by atoms with Gasteiger partial charge in [-0.3, -0.25) is 0 Å². The van der Waals surface area contributed by atoms with Gasteiger partial charge >= 0.3 is 0 Å². The van der Waals surface area contributed by atoms with Crippen molar-refractivity contribution >= 4 is 0 Å². The largest absolute Gasteiger partial charge is 0.394 e. The third kappa shape index (κ3) is 4.94. The molecule has 0 amide bonds. The number of benzene rings is 1. The normalized spacial score (nSPS) is 18.5. The fourth-order valence-corrected chi connectivity index (χ4v) is 2.50. The molecule has 1 aromatic rings. The zero-order valence-corrected chi connectivity index (χ0v) is 12.1. The van der Waals surface area contributed by atoms with Crippen LogP contribution in [0.4, 0.5) is 0 Å². The average Bonchev–Trinajstić information content (AvgIpc) is 3.21. The standard InChI is InChI=1S/C16H26N2O/c1-16(13-19,17-15-8-9-15)12-18(2)11-10-14-6-4-3-5-7-14/h3-7,15,17,19H,8-13H2,1-2H3. The van der Waals surface area contributed by atoms with Crippen LogP contribution < -0.4 is 5.32 Å². The van der Waals surface area contributed by atoms with Gasteiger partial charge in [-0.05, 0) is 38.8 Å². The van der Waals surface area contributed by atoms with Crippen LogP contribution in [0.15, 0.2) is 30.3 Å². The minimum Gasteiger partial charge on any atom is -0.394 e. The Morgan fingerprint density at radius 1 is 1.32 bits per heavy atom. The molecule has 1 aliphatic rings. The fraction of sp³-hybridized carbons (Fsp3) is 0.625. The first-order chi connectivity index (χ1) is 9.11. The van der Waals surface area contributed by atoms with E-state index in [0.29, 0.717) is 6.04 Å². The Balaban J connectivity index is 1.77. The summed E-state index contributed by atoms with van der Waals surface area (Å²) in [6.07, 6.45) is 3.56. The third-order valence-corrected chi connectivity index (χ3v) is 3.72. The molecule has 0 aliphatic heterocycles. The number of aliphatic hydroxyl groups is 1. The lowest BCUT2D eigenvalue weighted by Gasteiger charge is -2.33. The maximum Gasteiger partial charge on any atom is 0.0623 e. The van der Waals surface area contributed by atoms with Gasteiger partial charge in [-0.2, -0.15) is 0 Å². The van der Waals surface area contributed by atoms with Gasteiger partial charge in [0.2, 0.25) is 0 Å². The monoisotopic (exact) mass is 262 g/mol. The molecule has 1 saturated carbocycles. The summed E-state index contributed by atoms with van der Waals surface area (Å²) in [5.41, 5.74) is 1.20. The molecular formula is C16H26N2O. The highest BCUT2D eigenvalue weighted by Gasteiger charge is 2.32. The summed E-state index contributed by atoms with van der Waals surface area (Å²) in [6.45, 7) is 4.21. The highest BCUT2D eigenvalue weighted by Crippen LogP contribution is 2.22. The van der Waals surface area contributed by atoms with E-state index in [9.17, 15) is 5.11 Å². The van der Waals surface area contributed by atoms with E-state index in [4.69, 9.17) is 0 Å². The van der Waals surface area contributed by atoms with Crippen LogP contribution in [-0.4, -0.2) is 48.3 Å². The predicted molar refractivity (Wildman–Crippen MR) is 79.3 cm³/mol. The van der Waals surface area contributed by atoms with Crippen molar-refractivity contribution in [2.45, 2.75) is 37.8 Å². The van der Waals surface area contributed by atoms with Crippen molar-refractivity contribution in [1.29, 1.82) is 0 Å². The molecule has 1 aliphatic carbocycles. The van der Waals surface area contributed by atoms with Gasteiger partial charge in [0.25, 0.3) is 0 Å². The van der Waals surface area contributed by atoms with E-state index in [-0.39, 0.29) is 12.1 Å². The Labute approximate surface area is 116 Å². The Morgan fingerprint density at radius 3 is 2.58 bits per heavy atom. The molecule has 3 nitrogen and oxygen atoms in total. The number of hydrogen-bond donors (Lipinski definition) is 2. The summed E-state index contributed by atoms with van der Waals surface area (Å²) in [5.74, 6) is 0. The minimum atomic E-state index is -0.174. The van der Waals surface area contributed by atoms with Gasteiger partial charge in [-0.25, -0.2) is 0 Å². The molecular weight excluding hydrogens is 236 g/mol. The summed E-state index contributed by atoms with van der Waals surface area (Å²) >= 11 is 0. The van der Waals surface area contributed by atoms with Crippen molar-refractivity contribution in [2.75, 3.05) is 26.7 Å². The van der Waals surface area contributed by atoms with E-state index >= 15 is 0 Å². The van der Waals surface area contributed by atoms with E-state index in [0.717, 1.165) is 19.5 Å². The van der Waals surface area contributed by atoms with Crippen LogP contribution in [0.5, 0.6) is 0 Å². The van der Waals surface area contributed by atoms with Gasteiger partial charge in [0, 0.05) is 19.1 Å². The van der Waals surface area contributed by atoms with Gasteiger partial charge in [0.1, 0.15) is 0 Å². The first-order valence-electron chi connectivity index (χ1n) is 7.22. The van der Waals surface area contributed by atoms with E-state index in [2.05, 4.69) is 54.5 Å². The third-order valence-electron chi connectivity index (χ3n) is 3.72. The van der Waals surface area contributed by atoms with Crippen LogP contribution in [0.25, 0.3) is 0 Å². The van der Waals surface area contributed by atoms with Crippen LogP contribution in [-0.2, 0) is 6.42 Å². The van der Waals surface area contributed by atoms with Gasteiger partial charge in [-0.15, -0.1) is 0 Å². The zero-order chi connectivity index (χ0) is 13.7. The topological polar surface area (TPSA) is 35.5 Å². The molecule has 3 heteroatoms.